The average Bonchev–Trinajstić information content (AvgIpc) is 3.27. The van der Waals surface area contributed by atoms with Crippen LogP contribution in [0.3, 0.4) is 0 Å². The minimum Gasteiger partial charge on any atom is -0.466 e. The summed E-state index contributed by atoms with van der Waals surface area (Å²) >= 11 is 1.43. The summed E-state index contributed by atoms with van der Waals surface area (Å²) in [5.41, 5.74) is 2.16. The number of benzene rings is 1. The van der Waals surface area contributed by atoms with E-state index in [-0.39, 0.29) is 18.2 Å². The van der Waals surface area contributed by atoms with Crippen molar-refractivity contribution >= 4 is 33.4 Å². The molecule has 0 radical (unpaired) electrons. The van der Waals surface area contributed by atoms with Crippen molar-refractivity contribution in [3.05, 3.63) is 52.7 Å². The normalized spacial score (nSPS) is 12.1. The molecule has 3 aromatic rings. The maximum Gasteiger partial charge on any atom is 0.315 e. The van der Waals surface area contributed by atoms with E-state index in [0.29, 0.717) is 23.9 Å². The van der Waals surface area contributed by atoms with Crippen molar-refractivity contribution < 1.29 is 18.7 Å². The van der Waals surface area contributed by atoms with Gasteiger partial charge in [-0.2, -0.15) is 4.99 Å². The monoisotopic (exact) mass is 386 g/mol. The summed E-state index contributed by atoms with van der Waals surface area (Å²) in [5.74, 6) is -0.131. The molecule has 0 spiro atoms. The van der Waals surface area contributed by atoms with Crippen molar-refractivity contribution in [1.29, 1.82) is 0 Å². The molecular weight excluding hydrogens is 364 g/mol. The minimum atomic E-state index is -0.444. The van der Waals surface area contributed by atoms with Crippen LogP contribution in [0.15, 0.2) is 46.0 Å². The lowest BCUT2D eigenvalue weighted by Gasteiger charge is -2.07. The van der Waals surface area contributed by atoms with E-state index in [1.807, 2.05) is 10.6 Å². The van der Waals surface area contributed by atoms with E-state index in [1.165, 1.54) is 23.2 Å². The summed E-state index contributed by atoms with van der Waals surface area (Å²) in [6, 6.07) is 9.43. The van der Waals surface area contributed by atoms with Crippen LogP contribution in [-0.4, -0.2) is 23.1 Å². The second-order valence-corrected chi connectivity index (χ2v) is 7.38. The van der Waals surface area contributed by atoms with Crippen molar-refractivity contribution in [2.45, 2.75) is 39.7 Å². The zero-order valence-corrected chi connectivity index (χ0v) is 16.4. The van der Waals surface area contributed by atoms with E-state index in [1.54, 1.807) is 19.1 Å². The predicted molar refractivity (Wildman–Crippen MR) is 104 cm³/mol. The first kappa shape index (κ1) is 19.1. The van der Waals surface area contributed by atoms with Crippen LogP contribution in [0.25, 0.3) is 10.2 Å². The average molecular weight is 386 g/mol. The molecule has 2 heterocycles. The lowest BCUT2D eigenvalue weighted by molar-refractivity contribution is -0.143. The standard InChI is InChI=1S/C20H22N2O4S/c1-4-25-18(23)9-10-22-15-8-7-14(13(2)3)12-17(15)27-20(22)21-19(24)16-6-5-11-26-16/h5-8,11-13H,4,9-10H2,1-3H3. The van der Waals surface area contributed by atoms with E-state index < -0.39 is 5.91 Å². The molecule has 0 unspecified atom stereocenters. The Bertz CT molecular complexity index is 1010. The molecule has 1 amide bonds. The molecule has 27 heavy (non-hydrogen) atoms. The zero-order valence-electron chi connectivity index (χ0n) is 15.6. The molecule has 1 aromatic carbocycles. The number of fused-ring (bicyclic) bond motifs is 1. The Hall–Kier alpha value is -2.67. The highest BCUT2D eigenvalue weighted by atomic mass is 32.1. The van der Waals surface area contributed by atoms with Gasteiger partial charge in [0.1, 0.15) is 0 Å². The number of aryl methyl sites for hydroxylation is 1. The third-order valence-electron chi connectivity index (χ3n) is 4.15. The highest BCUT2D eigenvalue weighted by molar-refractivity contribution is 7.16. The highest BCUT2D eigenvalue weighted by Crippen LogP contribution is 2.24. The first-order chi connectivity index (χ1) is 13.0. The highest BCUT2D eigenvalue weighted by Gasteiger charge is 2.13. The number of ether oxygens (including phenoxy) is 1. The number of rotatable bonds is 6. The second-order valence-electron chi connectivity index (χ2n) is 6.37. The Morgan fingerprint density at radius 1 is 1.30 bits per heavy atom. The summed E-state index contributed by atoms with van der Waals surface area (Å²) in [6.45, 7) is 6.79. The Kier molecular flexibility index (Phi) is 5.91. The number of furan rings is 1. The van der Waals surface area contributed by atoms with E-state index in [4.69, 9.17) is 9.15 Å². The van der Waals surface area contributed by atoms with Gasteiger partial charge in [-0.1, -0.05) is 31.3 Å². The van der Waals surface area contributed by atoms with Crippen molar-refractivity contribution in [2.24, 2.45) is 4.99 Å². The number of carbonyl (C=O) groups excluding carboxylic acids is 2. The number of aromatic nitrogens is 1. The molecule has 0 saturated carbocycles. The Morgan fingerprint density at radius 2 is 2.11 bits per heavy atom. The van der Waals surface area contributed by atoms with Crippen LogP contribution in [-0.2, 0) is 16.1 Å². The molecule has 142 valence electrons. The second kappa shape index (κ2) is 8.35. The molecule has 0 saturated heterocycles. The lowest BCUT2D eigenvalue weighted by Crippen LogP contribution is -2.19. The fraction of sp³-hybridized carbons (Fsp3) is 0.350. The van der Waals surface area contributed by atoms with Crippen LogP contribution in [0.5, 0.6) is 0 Å². The van der Waals surface area contributed by atoms with E-state index in [9.17, 15) is 9.59 Å². The number of hydrogen-bond donors (Lipinski definition) is 0. The Balaban J connectivity index is 2.05. The van der Waals surface area contributed by atoms with Crippen molar-refractivity contribution in [2.75, 3.05) is 6.61 Å². The van der Waals surface area contributed by atoms with E-state index >= 15 is 0 Å². The molecule has 0 atom stereocenters. The third-order valence-corrected chi connectivity index (χ3v) is 5.19. The van der Waals surface area contributed by atoms with Gasteiger partial charge in [0.2, 0.25) is 0 Å². The summed E-state index contributed by atoms with van der Waals surface area (Å²) < 4.78 is 13.1. The van der Waals surface area contributed by atoms with Crippen molar-refractivity contribution in [1.82, 2.24) is 4.57 Å². The molecule has 7 heteroatoms. The molecule has 3 rings (SSSR count). The molecule has 0 N–H and O–H groups in total. The Labute approximate surface area is 161 Å². The quantitative estimate of drug-likeness (QED) is 0.598. The molecule has 0 fully saturated rings. The lowest BCUT2D eigenvalue weighted by atomic mass is 10.0. The first-order valence-electron chi connectivity index (χ1n) is 8.91. The number of esters is 1. The maximum atomic E-state index is 12.4. The van der Waals surface area contributed by atoms with Gasteiger partial charge in [-0.25, -0.2) is 0 Å². The summed E-state index contributed by atoms with van der Waals surface area (Å²) in [4.78, 5) is 28.9. The largest absolute Gasteiger partial charge is 0.466 e. The van der Waals surface area contributed by atoms with Crippen LogP contribution in [0, 0.1) is 0 Å². The van der Waals surface area contributed by atoms with Gasteiger partial charge in [-0.05, 0) is 42.7 Å². The number of carbonyl (C=O) groups is 2. The number of thiazole rings is 1. The van der Waals surface area contributed by atoms with Crippen molar-refractivity contribution in [3.8, 4) is 0 Å². The van der Waals surface area contributed by atoms with Gasteiger partial charge in [-0.3, -0.25) is 9.59 Å². The minimum absolute atomic E-state index is 0.187. The zero-order chi connectivity index (χ0) is 19.4. The van der Waals surface area contributed by atoms with Gasteiger partial charge >= 0.3 is 11.9 Å². The molecule has 6 nitrogen and oxygen atoms in total. The summed E-state index contributed by atoms with van der Waals surface area (Å²) in [7, 11) is 0. The van der Waals surface area contributed by atoms with Gasteiger partial charge in [-0.15, -0.1) is 0 Å². The molecule has 0 aliphatic carbocycles. The SMILES string of the molecule is CCOC(=O)CCn1c(=NC(=O)c2ccco2)sc2cc(C(C)C)ccc21. The number of hydrogen-bond acceptors (Lipinski definition) is 5. The topological polar surface area (TPSA) is 73.8 Å². The van der Waals surface area contributed by atoms with Crippen LogP contribution in [0.1, 0.15) is 49.2 Å². The fourth-order valence-corrected chi connectivity index (χ4v) is 3.83. The van der Waals surface area contributed by atoms with Crippen LogP contribution < -0.4 is 4.80 Å². The van der Waals surface area contributed by atoms with Crippen molar-refractivity contribution in [3.63, 3.8) is 0 Å². The van der Waals surface area contributed by atoms with Crippen LogP contribution >= 0.6 is 11.3 Å². The number of amides is 1. The number of nitrogens with zero attached hydrogens (tertiary/aromatic N) is 2. The van der Waals surface area contributed by atoms with Crippen LogP contribution in [0.2, 0.25) is 0 Å². The van der Waals surface area contributed by atoms with Gasteiger partial charge < -0.3 is 13.7 Å². The van der Waals surface area contributed by atoms with E-state index in [2.05, 4.69) is 31.0 Å². The molecular formula is C20H22N2O4S. The molecule has 2 aromatic heterocycles. The summed E-state index contributed by atoms with van der Waals surface area (Å²) in [6.07, 6.45) is 1.66. The van der Waals surface area contributed by atoms with Gasteiger partial charge in [0.15, 0.2) is 10.6 Å². The van der Waals surface area contributed by atoms with Gasteiger partial charge in [0, 0.05) is 6.54 Å². The van der Waals surface area contributed by atoms with E-state index in [0.717, 1.165) is 10.2 Å². The maximum absolute atomic E-state index is 12.4. The third kappa shape index (κ3) is 4.36. The van der Waals surface area contributed by atoms with Crippen LogP contribution in [0.4, 0.5) is 0 Å². The van der Waals surface area contributed by atoms with Gasteiger partial charge in [0.25, 0.3) is 0 Å². The molecule has 0 aliphatic rings. The predicted octanol–water partition coefficient (Wildman–Crippen LogP) is 4.11. The van der Waals surface area contributed by atoms with Gasteiger partial charge in [0.05, 0.1) is 29.5 Å². The first-order valence-corrected chi connectivity index (χ1v) is 9.72. The Morgan fingerprint density at radius 3 is 2.78 bits per heavy atom. The molecule has 0 bridgehead atoms. The molecule has 0 aliphatic heterocycles. The summed E-state index contributed by atoms with van der Waals surface area (Å²) in [5, 5.41) is 0. The smallest absolute Gasteiger partial charge is 0.315 e. The fourth-order valence-electron chi connectivity index (χ4n) is 2.73.